The Morgan fingerprint density at radius 2 is 1.92 bits per heavy atom. The topological polar surface area (TPSA) is 107 Å². The van der Waals surface area contributed by atoms with E-state index in [1.165, 1.54) is 35.9 Å². The van der Waals surface area contributed by atoms with Crippen molar-refractivity contribution in [2.75, 3.05) is 12.8 Å². The van der Waals surface area contributed by atoms with Crippen molar-refractivity contribution in [2.45, 2.75) is 5.16 Å². The van der Waals surface area contributed by atoms with Gasteiger partial charge in [-0.25, -0.2) is 4.98 Å². The van der Waals surface area contributed by atoms with Crippen LogP contribution in [0.4, 0.5) is 5.69 Å². The number of hydrogen-bond donors (Lipinski definition) is 1. The minimum atomic E-state index is -0.507. The van der Waals surface area contributed by atoms with Crippen molar-refractivity contribution in [1.82, 2.24) is 14.9 Å². The molecule has 0 atom stereocenters. The molecule has 0 saturated heterocycles. The molecule has 3 rings (SSSR count). The average Bonchev–Trinajstić information content (AvgIpc) is 2.66. The summed E-state index contributed by atoms with van der Waals surface area (Å²) in [5.41, 5.74) is 0.590. The molecule has 2 aromatic carbocycles. The molecule has 0 saturated carbocycles. The number of nitrogens with zero attached hydrogens (tertiary/aromatic N) is 3. The first-order chi connectivity index (χ1) is 12.5. The van der Waals surface area contributed by atoms with Gasteiger partial charge in [-0.15, -0.1) is 0 Å². The molecule has 1 aromatic heterocycles. The molecule has 1 N–H and O–H groups in total. The zero-order valence-electron chi connectivity index (χ0n) is 13.7. The van der Waals surface area contributed by atoms with Crippen LogP contribution in [0, 0.1) is 10.1 Å². The van der Waals surface area contributed by atoms with Crippen LogP contribution in [-0.4, -0.2) is 33.2 Å². The molecule has 0 radical (unpaired) electrons. The summed E-state index contributed by atoms with van der Waals surface area (Å²) in [7, 11) is 1.53. The number of fused-ring (bicyclic) bond motifs is 1. The zero-order valence-corrected chi connectivity index (χ0v) is 14.5. The zero-order chi connectivity index (χ0) is 18.7. The van der Waals surface area contributed by atoms with Gasteiger partial charge in [-0.3, -0.25) is 24.3 Å². The number of aromatic nitrogens is 2. The molecule has 3 aromatic rings. The molecule has 1 heterocycles. The minimum absolute atomic E-state index is 0.0740. The predicted octanol–water partition coefficient (Wildman–Crippen LogP) is 2.13. The quantitative estimate of drug-likeness (QED) is 0.319. The van der Waals surface area contributed by atoms with Gasteiger partial charge in [-0.2, -0.15) is 0 Å². The third-order valence-electron chi connectivity index (χ3n) is 3.67. The summed E-state index contributed by atoms with van der Waals surface area (Å²) >= 11 is 1.12. The van der Waals surface area contributed by atoms with Gasteiger partial charge in [0.05, 0.1) is 27.3 Å². The molecular formula is C17H14N4O4S. The number of nitro groups is 1. The number of hydrogen-bond acceptors (Lipinski definition) is 6. The van der Waals surface area contributed by atoms with Gasteiger partial charge >= 0.3 is 0 Å². The summed E-state index contributed by atoms with van der Waals surface area (Å²) in [5, 5.41) is 14.1. The van der Waals surface area contributed by atoms with Crippen LogP contribution in [0.25, 0.3) is 16.6 Å². The van der Waals surface area contributed by atoms with E-state index in [9.17, 15) is 19.7 Å². The highest BCUT2D eigenvalue weighted by molar-refractivity contribution is 7.99. The second-order valence-electron chi connectivity index (χ2n) is 5.29. The van der Waals surface area contributed by atoms with Crippen LogP contribution < -0.4 is 10.9 Å². The van der Waals surface area contributed by atoms with E-state index in [2.05, 4.69) is 10.3 Å². The minimum Gasteiger partial charge on any atom is -0.358 e. The molecule has 0 fully saturated rings. The van der Waals surface area contributed by atoms with Gasteiger partial charge in [0.25, 0.3) is 11.2 Å². The van der Waals surface area contributed by atoms with Crippen LogP contribution >= 0.6 is 11.8 Å². The predicted molar refractivity (Wildman–Crippen MR) is 98.8 cm³/mol. The lowest BCUT2D eigenvalue weighted by molar-refractivity contribution is -0.384. The summed E-state index contributed by atoms with van der Waals surface area (Å²) in [5.74, 6) is -0.110. The van der Waals surface area contributed by atoms with E-state index in [0.29, 0.717) is 21.7 Å². The summed E-state index contributed by atoms with van der Waals surface area (Å²) in [6.07, 6.45) is 0. The number of non-ortho nitro benzene ring substituents is 1. The first-order valence-corrected chi connectivity index (χ1v) is 8.60. The highest BCUT2D eigenvalue weighted by atomic mass is 32.2. The van der Waals surface area contributed by atoms with Crippen LogP contribution in [0.15, 0.2) is 58.5 Å². The summed E-state index contributed by atoms with van der Waals surface area (Å²) in [6.45, 7) is 0. The lowest BCUT2D eigenvalue weighted by Crippen LogP contribution is -2.24. The number of para-hydroxylation sites is 1. The number of nitrogens with one attached hydrogen (secondary N) is 1. The molecule has 132 valence electrons. The number of thioether (sulfide) groups is 1. The second kappa shape index (κ2) is 7.36. The first-order valence-electron chi connectivity index (χ1n) is 7.61. The van der Waals surface area contributed by atoms with Gasteiger partial charge in [0.1, 0.15) is 0 Å². The van der Waals surface area contributed by atoms with Gasteiger partial charge in [-0.1, -0.05) is 23.9 Å². The van der Waals surface area contributed by atoms with Gasteiger partial charge < -0.3 is 5.32 Å². The fourth-order valence-corrected chi connectivity index (χ4v) is 3.25. The normalized spacial score (nSPS) is 10.7. The van der Waals surface area contributed by atoms with Crippen molar-refractivity contribution in [3.63, 3.8) is 0 Å². The van der Waals surface area contributed by atoms with E-state index in [1.54, 1.807) is 24.3 Å². The Labute approximate surface area is 152 Å². The maximum Gasteiger partial charge on any atom is 0.269 e. The van der Waals surface area contributed by atoms with Gasteiger partial charge in [0, 0.05) is 19.2 Å². The van der Waals surface area contributed by atoms with Crippen LogP contribution in [-0.2, 0) is 4.79 Å². The monoisotopic (exact) mass is 370 g/mol. The van der Waals surface area contributed by atoms with E-state index < -0.39 is 4.92 Å². The Hall–Kier alpha value is -3.20. The Bertz CT molecular complexity index is 1050. The summed E-state index contributed by atoms with van der Waals surface area (Å²) in [6, 6.07) is 12.5. The molecule has 0 bridgehead atoms. The molecule has 0 unspecified atom stereocenters. The van der Waals surface area contributed by atoms with Crippen molar-refractivity contribution >= 4 is 34.3 Å². The SMILES string of the molecule is CNC(=O)CSc1nc2ccccc2c(=O)n1-c1ccc([N+](=O)[O-])cc1. The van der Waals surface area contributed by atoms with E-state index in [1.807, 2.05) is 0 Å². The van der Waals surface area contributed by atoms with E-state index >= 15 is 0 Å². The molecular weight excluding hydrogens is 356 g/mol. The Kier molecular flexibility index (Phi) is 4.99. The molecule has 1 amide bonds. The molecule has 8 nitrogen and oxygen atoms in total. The number of amides is 1. The van der Waals surface area contributed by atoms with E-state index in [0.717, 1.165) is 11.8 Å². The van der Waals surface area contributed by atoms with Crippen molar-refractivity contribution in [3.05, 3.63) is 69.0 Å². The number of carbonyl (C=O) groups is 1. The van der Waals surface area contributed by atoms with Gasteiger partial charge in [0.15, 0.2) is 5.16 Å². The molecule has 0 aliphatic heterocycles. The highest BCUT2D eigenvalue weighted by Gasteiger charge is 2.15. The fourth-order valence-electron chi connectivity index (χ4n) is 2.36. The molecule has 0 spiro atoms. The summed E-state index contributed by atoms with van der Waals surface area (Å²) in [4.78, 5) is 39.4. The molecule has 0 aliphatic carbocycles. The molecule has 26 heavy (non-hydrogen) atoms. The molecule has 0 aliphatic rings. The first kappa shape index (κ1) is 17.6. The van der Waals surface area contributed by atoms with Crippen LogP contribution in [0.1, 0.15) is 0 Å². The van der Waals surface area contributed by atoms with Crippen molar-refractivity contribution < 1.29 is 9.72 Å². The number of rotatable bonds is 5. The highest BCUT2D eigenvalue weighted by Crippen LogP contribution is 2.22. The number of nitro benzene ring substituents is 1. The average molecular weight is 370 g/mol. The van der Waals surface area contributed by atoms with Crippen LogP contribution in [0.3, 0.4) is 0 Å². The standard InChI is InChI=1S/C17H14N4O4S/c1-18-15(22)10-26-17-19-14-5-3-2-4-13(14)16(23)20(17)11-6-8-12(9-7-11)21(24)25/h2-9H,10H2,1H3,(H,18,22). The van der Waals surface area contributed by atoms with Gasteiger partial charge in [0.2, 0.25) is 5.91 Å². The van der Waals surface area contributed by atoms with Crippen molar-refractivity contribution in [1.29, 1.82) is 0 Å². The van der Waals surface area contributed by atoms with Crippen LogP contribution in [0.2, 0.25) is 0 Å². The van der Waals surface area contributed by atoms with Crippen molar-refractivity contribution in [2.24, 2.45) is 0 Å². The van der Waals surface area contributed by atoms with Crippen LogP contribution in [0.5, 0.6) is 0 Å². The summed E-state index contributed by atoms with van der Waals surface area (Å²) < 4.78 is 1.36. The number of benzene rings is 2. The Morgan fingerprint density at radius 3 is 2.58 bits per heavy atom. The largest absolute Gasteiger partial charge is 0.358 e. The third-order valence-corrected chi connectivity index (χ3v) is 4.61. The maximum absolute atomic E-state index is 13.0. The van der Waals surface area contributed by atoms with E-state index in [-0.39, 0.29) is 22.9 Å². The second-order valence-corrected chi connectivity index (χ2v) is 6.23. The Balaban J connectivity index is 2.17. The molecule has 9 heteroatoms. The smallest absolute Gasteiger partial charge is 0.269 e. The fraction of sp³-hybridized carbons (Fsp3) is 0.118. The van der Waals surface area contributed by atoms with Crippen molar-refractivity contribution in [3.8, 4) is 5.69 Å². The van der Waals surface area contributed by atoms with E-state index in [4.69, 9.17) is 0 Å². The maximum atomic E-state index is 13.0. The lowest BCUT2D eigenvalue weighted by Gasteiger charge is -2.12. The number of carbonyl (C=O) groups excluding carboxylic acids is 1. The lowest BCUT2D eigenvalue weighted by atomic mass is 10.2. The third kappa shape index (κ3) is 3.42. The van der Waals surface area contributed by atoms with Gasteiger partial charge in [-0.05, 0) is 24.3 Å². The Morgan fingerprint density at radius 1 is 1.23 bits per heavy atom.